The molecule has 0 N–H and O–H groups in total. The molecule has 5 rings (SSSR count). The van der Waals surface area contributed by atoms with Crippen LogP contribution in [0.25, 0.3) is 10.9 Å². The number of para-hydroxylation sites is 1. The Hall–Kier alpha value is -3.89. The third kappa shape index (κ3) is 5.28. The van der Waals surface area contributed by atoms with Crippen molar-refractivity contribution in [1.29, 1.82) is 0 Å². The van der Waals surface area contributed by atoms with Crippen LogP contribution in [0.2, 0.25) is 0 Å². The molecule has 1 aromatic heterocycles. The van der Waals surface area contributed by atoms with E-state index in [0.717, 1.165) is 38.4 Å². The Bertz CT molecular complexity index is 1380. The molecule has 0 atom stereocenters. The molecule has 172 valence electrons. The highest BCUT2D eigenvalue weighted by atomic mass is 32.2. The first-order chi connectivity index (χ1) is 17.2. The molecule has 4 heteroatoms. The average molecular weight is 475 g/mol. The van der Waals surface area contributed by atoms with Crippen molar-refractivity contribution in [1.82, 2.24) is 9.88 Å². The minimum atomic E-state index is -0.154. The van der Waals surface area contributed by atoms with E-state index in [1.807, 2.05) is 90.8 Å². The molecule has 4 aromatic carbocycles. The molecular formula is C31H26N2OS. The Morgan fingerprint density at radius 3 is 2.00 bits per heavy atom. The van der Waals surface area contributed by atoms with Crippen molar-refractivity contribution in [2.24, 2.45) is 0 Å². The molecule has 0 aliphatic heterocycles. The lowest BCUT2D eigenvalue weighted by atomic mass is 9.96. The summed E-state index contributed by atoms with van der Waals surface area (Å²) < 4.78 is 0. The summed E-state index contributed by atoms with van der Waals surface area (Å²) in [6.45, 7) is 0. The number of carbonyl (C=O) groups is 1. The molecule has 3 nitrogen and oxygen atoms in total. The molecule has 0 radical (unpaired) electrons. The number of pyridine rings is 1. The van der Waals surface area contributed by atoms with Gasteiger partial charge in [0, 0.05) is 23.8 Å². The summed E-state index contributed by atoms with van der Waals surface area (Å²) in [7, 11) is 1.88. The minimum absolute atomic E-state index is 0.00175. The van der Waals surface area contributed by atoms with Crippen LogP contribution >= 0.6 is 11.8 Å². The SMILES string of the molecule is CN(C(=O)c1ccc(CSc2ccc3ccccc3n2)cc1)C(c1ccccc1)c1ccccc1. The Balaban J connectivity index is 1.30. The number of hydrogen-bond donors (Lipinski definition) is 0. The molecule has 0 bridgehead atoms. The van der Waals surface area contributed by atoms with E-state index in [2.05, 4.69) is 42.5 Å². The van der Waals surface area contributed by atoms with Crippen LogP contribution in [0, 0.1) is 0 Å². The second-order valence-corrected chi connectivity index (χ2v) is 9.46. The van der Waals surface area contributed by atoms with Crippen LogP contribution < -0.4 is 0 Å². The smallest absolute Gasteiger partial charge is 0.254 e. The largest absolute Gasteiger partial charge is 0.331 e. The monoisotopic (exact) mass is 474 g/mol. The molecule has 0 fully saturated rings. The second-order valence-electron chi connectivity index (χ2n) is 8.47. The number of benzene rings is 4. The lowest BCUT2D eigenvalue weighted by molar-refractivity contribution is 0.0755. The van der Waals surface area contributed by atoms with Crippen LogP contribution in [0.5, 0.6) is 0 Å². The number of nitrogens with zero attached hydrogens (tertiary/aromatic N) is 2. The summed E-state index contributed by atoms with van der Waals surface area (Å²) in [5, 5.41) is 2.14. The maximum atomic E-state index is 13.5. The van der Waals surface area contributed by atoms with Crippen molar-refractivity contribution in [2.45, 2.75) is 16.8 Å². The maximum Gasteiger partial charge on any atom is 0.254 e. The van der Waals surface area contributed by atoms with E-state index in [9.17, 15) is 4.79 Å². The number of hydrogen-bond acceptors (Lipinski definition) is 3. The van der Waals surface area contributed by atoms with Gasteiger partial charge in [-0.05, 0) is 41.0 Å². The summed E-state index contributed by atoms with van der Waals surface area (Å²) in [6, 6.07) is 40.4. The molecule has 0 aliphatic rings. The number of thioether (sulfide) groups is 1. The van der Waals surface area contributed by atoms with Gasteiger partial charge in [0.1, 0.15) is 0 Å². The highest BCUT2D eigenvalue weighted by Crippen LogP contribution is 2.29. The highest BCUT2D eigenvalue weighted by Gasteiger charge is 2.24. The molecule has 1 heterocycles. The third-order valence-corrected chi connectivity index (χ3v) is 7.10. The van der Waals surface area contributed by atoms with Gasteiger partial charge in [0.15, 0.2) is 0 Å². The third-order valence-electron chi connectivity index (χ3n) is 6.10. The van der Waals surface area contributed by atoms with Gasteiger partial charge in [0.2, 0.25) is 0 Å². The molecular weight excluding hydrogens is 448 g/mol. The van der Waals surface area contributed by atoms with Gasteiger partial charge in [-0.3, -0.25) is 4.79 Å². The molecule has 0 saturated carbocycles. The molecule has 5 aromatic rings. The zero-order chi connectivity index (χ0) is 24.0. The first kappa shape index (κ1) is 22.9. The summed E-state index contributed by atoms with van der Waals surface area (Å²) >= 11 is 1.70. The fourth-order valence-corrected chi connectivity index (χ4v) is 5.09. The summed E-state index contributed by atoms with van der Waals surface area (Å²) in [6.07, 6.45) is 0. The summed E-state index contributed by atoms with van der Waals surface area (Å²) in [5.74, 6) is 0.796. The fraction of sp³-hybridized carbons (Fsp3) is 0.0968. The van der Waals surface area contributed by atoms with E-state index in [1.165, 1.54) is 0 Å². The van der Waals surface area contributed by atoms with E-state index in [4.69, 9.17) is 4.98 Å². The zero-order valence-electron chi connectivity index (χ0n) is 19.5. The minimum Gasteiger partial charge on any atom is -0.331 e. The molecule has 35 heavy (non-hydrogen) atoms. The molecule has 0 unspecified atom stereocenters. The number of amides is 1. The van der Waals surface area contributed by atoms with Gasteiger partial charge >= 0.3 is 0 Å². The van der Waals surface area contributed by atoms with Crippen LogP contribution in [0.4, 0.5) is 0 Å². The lowest BCUT2D eigenvalue weighted by Gasteiger charge is -2.29. The molecule has 0 aliphatic carbocycles. The predicted octanol–water partition coefficient (Wildman–Crippen LogP) is 7.39. The van der Waals surface area contributed by atoms with Crippen LogP contribution in [0.15, 0.2) is 126 Å². The van der Waals surface area contributed by atoms with Gasteiger partial charge in [-0.25, -0.2) is 4.98 Å². The number of aromatic nitrogens is 1. The van der Waals surface area contributed by atoms with Crippen molar-refractivity contribution >= 4 is 28.6 Å². The quantitative estimate of drug-likeness (QED) is 0.231. The Morgan fingerprint density at radius 2 is 1.34 bits per heavy atom. The second kappa shape index (κ2) is 10.6. The van der Waals surface area contributed by atoms with Crippen LogP contribution in [0.1, 0.15) is 33.1 Å². The number of carbonyl (C=O) groups excluding carboxylic acids is 1. The normalized spacial score (nSPS) is 11.0. The first-order valence-corrected chi connectivity index (χ1v) is 12.6. The van der Waals surface area contributed by atoms with E-state index in [1.54, 1.807) is 11.8 Å². The fourth-order valence-electron chi connectivity index (χ4n) is 4.26. The topological polar surface area (TPSA) is 33.2 Å². The van der Waals surface area contributed by atoms with E-state index in [0.29, 0.717) is 5.56 Å². The van der Waals surface area contributed by atoms with Crippen molar-refractivity contribution in [2.75, 3.05) is 7.05 Å². The van der Waals surface area contributed by atoms with Crippen LogP contribution in [-0.4, -0.2) is 22.8 Å². The average Bonchev–Trinajstić information content (AvgIpc) is 2.93. The van der Waals surface area contributed by atoms with Crippen molar-refractivity contribution in [3.05, 3.63) is 144 Å². The first-order valence-electron chi connectivity index (χ1n) is 11.6. The highest BCUT2D eigenvalue weighted by molar-refractivity contribution is 7.98. The van der Waals surface area contributed by atoms with Crippen LogP contribution in [-0.2, 0) is 5.75 Å². The van der Waals surface area contributed by atoms with Crippen molar-refractivity contribution < 1.29 is 4.79 Å². The van der Waals surface area contributed by atoms with E-state index < -0.39 is 0 Å². The zero-order valence-corrected chi connectivity index (χ0v) is 20.4. The van der Waals surface area contributed by atoms with Crippen LogP contribution in [0.3, 0.4) is 0 Å². The molecule has 1 amide bonds. The van der Waals surface area contributed by atoms with E-state index in [-0.39, 0.29) is 11.9 Å². The Labute approximate surface area is 210 Å². The molecule has 0 spiro atoms. The molecule has 0 saturated heterocycles. The van der Waals surface area contributed by atoms with Gasteiger partial charge < -0.3 is 4.90 Å². The van der Waals surface area contributed by atoms with Gasteiger partial charge in [0.25, 0.3) is 5.91 Å². The number of fused-ring (bicyclic) bond motifs is 1. The Morgan fingerprint density at radius 1 is 0.743 bits per heavy atom. The van der Waals surface area contributed by atoms with Gasteiger partial charge in [-0.2, -0.15) is 0 Å². The summed E-state index contributed by atoms with van der Waals surface area (Å²) in [4.78, 5) is 20.0. The van der Waals surface area contributed by atoms with Crippen molar-refractivity contribution in [3.8, 4) is 0 Å². The summed E-state index contributed by atoms with van der Waals surface area (Å²) in [5.41, 5.74) is 5.03. The lowest BCUT2D eigenvalue weighted by Crippen LogP contribution is -2.32. The predicted molar refractivity (Wildman–Crippen MR) is 145 cm³/mol. The van der Waals surface area contributed by atoms with Gasteiger partial charge in [-0.15, -0.1) is 11.8 Å². The number of rotatable bonds is 7. The standard InChI is InChI=1S/C31H26N2OS/c1-33(30(25-11-4-2-5-12-25)26-13-6-3-7-14-26)31(34)27-18-16-23(17-19-27)22-35-29-21-20-24-10-8-9-15-28(24)32-29/h2-21,30H,22H2,1H3. The maximum absolute atomic E-state index is 13.5. The van der Waals surface area contributed by atoms with Gasteiger partial charge in [-0.1, -0.05) is 97.1 Å². The van der Waals surface area contributed by atoms with Crippen molar-refractivity contribution in [3.63, 3.8) is 0 Å². The van der Waals surface area contributed by atoms with E-state index >= 15 is 0 Å². The van der Waals surface area contributed by atoms with Gasteiger partial charge in [0.05, 0.1) is 16.6 Å². The Kier molecular flexibility index (Phi) is 6.92.